The molecule has 0 unspecified atom stereocenters. The predicted octanol–water partition coefficient (Wildman–Crippen LogP) is 0.389. The van der Waals surface area contributed by atoms with Crippen molar-refractivity contribution in [2.45, 2.75) is 25.8 Å². The van der Waals surface area contributed by atoms with E-state index in [-0.39, 0.29) is 5.41 Å². The zero-order valence-electron chi connectivity index (χ0n) is 9.84. The molecule has 1 aliphatic rings. The molecule has 94 valence electrons. The number of nitrogens with two attached hydrogens (primary N) is 1. The van der Waals surface area contributed by atoms with Crippen LogP contribution in [0.15, 0.2) is 23.6 Å². The van der Waals surface area contributed by atoms with Gasteiger partial charge in [-0.15, -0.1) is 0 Å². The summed E-state index contributed by atoms with van der Waals surface area (Å²) < 4.78 is 1.90. The lowest BCUT2D eigenvalue weighted by molar-refractivity contribution is 0.314. The van der Waals surface area contributed by atoms with Gasteiger partial charge >= 0.3 is 0 Å². The zero-order valence-corrected chi connectivity index (χ0v) is 9.84. The number of nitrogens with zero attached hydrogens (tertiary/aromatic N) is 3. The fourth-order valence-corrected chi connectivity index (χ4v) is 1.99. The van der Waals surface area contributed by atoms with E-state index in [2.05, 4.69) is 15.6 Å². The molecule has 0 radical (unpaired) electrons. The van der Waals surface area contributed by atoms with Crippen molar-refractivity contribution < 1.29 is 5.21 Å². The van der Waals surface area contributed by atoms with E-state index in [4.69, 9.17) is 10.9 Å². The van der Waals surface area contributed by atoms with Crippen LogP contribution in [0, 0.1) is 5.41 Å². The molecule has 0 spiro atoms. The van der Waals surface area contributed by atoms with Crippen LogP contribution in [0.2, 0.25) is 0 Å². The molecule has 4 N–H and O–H groups in total. The minimum Gasteiger partial charge on any atom is -0.409 e. The van der Waals surface area contributed by atoms with Crippen LogP contribution in [0.25, 0.3) is 0 Å². The van der Waals surface area contributed by atoms with Gasteiger partial charge in [0.15, 0.2) is 0 Å². The maximum absolute atomic E-state index is 8.55. The number of hydrogen-bond donors (Lipinski definition) is 3. The van der Waals surface area contributed by atoms with Crippen molar-refractivity contribution in [1.82, 2.24) is 15.1 Å². The summed E-state index contributed by atoms with van der Waals surface area (Å²) >= 11 is 0. The third-order valence-corrected chi connectivity index (χ3v) is 3.22. The first-order chi connectivity index (χ1) is 8.24. The van der Waals surface area contributed by atoms with Crippen molar-refractivity contribution in [3.05, 3.63) is 18.5 Å². The molecular weight excluding hydrogens is 218 g/mol. The summed E-state index contributed by atoms with van der Waals surface area (Å²) in [5, 5.41) is 19.1. The largest absolute Gasteiger partial charge is 0.409 e. The fraction of sp³-hybridized carbons (Fsp3) is 0.636. The van der Waals surface area contributed by atoms with Gasteiger partial charge < -0.3 is 16.3 Å². The topological polar surface area (TPSA) is 88.5 Å². The Hall–Kier alpha value is -1.56. The highest BCUT2D eigenvalue weighted by molar-refractivity contribution is 5.80. The van der Waals surface area contributed by atoms with Crippen LogP contribution in [-0.2, 0) is 6.54 Å². The van der Waals surface area contributed by atoms with Gasteiger partial charge in [0.2, 0.25) is 0 Å². The average Bonchev–Trinajstić information content (AvgIpc) is 2.89. The Bertz CT molecular complexity index is 369. The highest BCUT2D eigenvalue weighted by Gasteiger charge is 2.42. The standard InChI is InChI=1S/C11H19N5O/c12-10(15-17)8-11(2-3-11)9-13-5-7-16-6-1-4-14-16/h1,4,6,13,17H,2-3,5,7-9H2,(H2,12,15). The highest BCUT2D eigenvalue weighted by atomic mass is 16.4. The Kier molecular flexibility index (Phi) is 3.63. The number of hydrogen-bond acceptors (Lipinski definition) is 4. The van der Waals surface area contributed by atoms with Gasteiger partial charge in [0.25, 0.3) is 0 Å². The van der Waals surface area contributed by atoms with E-state index in [1.54, 1.807) is 6.20 Å². The monoisotopic (exact) mass is 237 g/mol. The van der Waals surface area contributed by atoms with E-state index < -0.39 is 0 Å². The molecule has 2 rings (SSSR count). The summed E-state index contributed by atoms with van der Waals surface area (Å²) in [6, 6.07) is 1.92. The van der Waals surface area contributed by atoms with Gasteiger partial charge in [0, 0.05) is 31.9 Å². The maximum atomic E-state index is 8.55. The van der Waals surface area contributed by atoms with Crippen molar-refractivity contribution in [2.75, 3.05) is 13.1 Å². The third-order valence-electron chi connectivity index (χ3n) is 3.22. The van der Waals surface area contributed by atoms with Gasteiger partial charge in [-0.2, -0.15) is 5.10 Å². The Morgan fingerprint density at radius 2 is 2.41 bits per heavy atom. The van der Waals surface area contributed by atoms with Crippen LogP contribution in [0.1, 0.15) is 19.3 Å². The summed E-state index contributed by atoms with van der Waals surface area (Å²) in [6.45, 7) is 2.68. The van der Waals surface area contributed by atoms with E-state index >= 15 is 0 Å². The molecule has 0 saturated heterocycles. The molecule has 6 nitrogen and oxygen atoms in total. The predicted molar refractivity (Wildman–Crippen MR) is 64.8 cm³/mol. The SMILES string of the molecule is NC(CC1(CNCCn2cccn2)CC1)=NO. The van der Waals surface area contributed by atoms with Crippen molar-refractivity contribution in [3.8, 4) is 0 Å². The zero-order chi connectivity index (χ0) is 12.1. The van der Waals surface area contributed by atoms with Gasteiger partial charge in [0.1, 0.15) is 5.84 Å². The minimum atomic E-state index is 0.223. The number of rotatable bonds is 7. The summed E-state index contributed by atoms with van der Waals surface area (Å²) in [7, 11) is 0. The molecule has 0 aliphatic heterocycles. The summed E-state index contributed by atoms with van der Waals surface area (Å²) in [5.41, 5.74) is 5.76. The van der Waals surface area contributed by atoms with Crippen LogP contribution >= 0.6 is 0 Å². The molecule has 0 bridgehead atoms. The molecule has 1 aliphatic carbocycles. The Labute approximate surface area is 100 Å². The Morgan fingerprint density at radius 3 is 3.00 bits per heavy atom. The van der Waals surface area contributed by atoms with Crippen LogP contribution in [0.3, 0.4) is 0 Å². The molecule has 1 aromatic rings. The number of oxime groups is 1. The van der Waals surface area contributed by atoms with Gasteiger partial charge in [-0.1, -0.05) is 5.16 Å². The first kappa shape index (κ1) is 11.9. The van der Waals surface area contributed by atoms with E-state index in [0.29, 0.717) is 12.3 Å². The van der Waals surface area contributed by atoms with Gasteiger partial charge in [-0.25, -0.2) is 0 Å². The molecule has 1 heterocycles. The normalized spacial score (nSPS) is 18.2. The Balaban J connectivity index is 1.65. The molecule has 0 atom stereocenters. The van der Waals surface area contributed by atoms with Crippen molar-refractivity contribution >= 4 is 5.84 Å². The molecule has 1 saturated carbocycles. The smallest absolute Gasteiger partial charge is 0.139 e. The van der Waals surface area contributed by atoms with E-state index in [0.717, 1.165) is 32.5 Å². The van der Waals surface area contributed by atoms with Gasteiger partial charge in [0.05, 0.1) is 6.54 Å². The lowest BCUT2D eigenvalue weighted by Gasteiger charge is -2.15. The van der Waals surface area contributed by atoms with E-state index in [1.165, 1.54) is 0 Å². The summed E-state index contributed by atoms with van der Waals surface area (Å²) in [4.78, 5) is 0. The fourth-order valence-electron chi connectivity index (χ4n) is 1.99. The van der Waals surface area contributed by atoms with Crippen molar-refractivity contribution in [2.24, 2.45) is 16.3 Å². The lowest BCUT2D eigenvalue weighted by Crippen LogP contribution is -2.30. The second-order valence-electron chi connectivity index (χ2n) is 4.71. The minimum absolute atomic E-state index is 0.223. The maximum Gasteiger partial charge on any atom is 0.139 e. The number of nitrogens with one attached hydrogen (secondary N) is 1. The third kappa shape index (κ3) is 3.45. The van der Waals surface area contributed by atoms with Crippen molar-refractivity contribution in [1.29, 1.82) is 0 Å². The molecule has 1 aromatic heterocycles. The van der Waals surface area contributed by atoms with Gasteiger partial charge in [-0.05, 0) is 24.3 Å². The first-order valence-electron chi connectivity index (χ1n) is 5.89. The Morgan fingerprint density at radius 1 is 1.59 bits per heavy atom. The number of amidine groups is 1. The van der Waals surface area contributed by atoms with E-state index in [1.807, 2.05) is 16.9 Å². The van der Waals surface area contributed by atoms with Crippen LogP contribution in [-0.4, -0.2) is 33.9 Å². The van der Waals surface area contributed by atoms with Gasteiger partial charge in [-0.3, -0.25) is 4.68 Å². The first-order valence-corrected chi connectivity index (χ1v) is 5.89. The molecule has 6 heteroatoms. The molecule has 0 aromatic carbocycles. The quantitative estimate of drug-likeness (QED) is 0.210. The molecule has 1 fully saturated rings. The molecular formula is C11H19N5O. The van der Waals surface area contributed by atoms with Crippen LogP contribution < -0.4 is 11.1 Å². The second kappa shape index (κ2) is 5.18. The highest BCUT2D eigenvalue weighted by Crippen LogP contribution is 2.48. The van der Waals surface area contributed by atoms with E-state index in [9.17, 15) is 0 Å². The summed E-state index contributed by atoms with van der Waals surface area (Å²) in [6.07, 6.45) is 6.71. The lowest BCUT2D eigenvalue weighted by atomic mass is 10.0. The molecule has 0 amide bonds. The van der Waals surface area contributed by atoms with Crippen molar-refractivity contribution in [3.63, 3.8) is 0 Å². The average molecular weight is 237 g/mol. The van der Waals surface area contributed by atoms with Crippen LogP contribution in [0.5, 0.6) is 0 Å². The van der Waals surface area contributed by atoms with Crippen LogP contribution in [0.4, 0.5) is 0 Å². The number of aromatic nitrogens is 2. The summed E-state index contributed by atoms with van der Waals surface area (Å²) in [5.74, 6) is 0.330. The molecule has 17 heavy (non-hydrogen) atoms. The second-order valence-corrected chi connectivity index (χ2v) is 4.71.